The molecule has 3 rings (SSSR count). The lowest BCUT2D eigenvalue weighted by molar-refractivity contribution is -0.937. The molecule has 0 aromatic carbocycles. The molecule has 0 saturated carbocycles. The third-order valence-corrected chi connectivity index (χ3v) is 4.80. The third-order valence-electron chi connectivity index (χ3n) is 4.37. The molecule has 0 bridgehead atoms. The Hall–Kier alpha value is -1.61. The van der Waals surface area contributed by atoms with Gasteiger partial charge in [-0.05, 0) is 38.2 Å². The number of rotatable bonds is 6. The smallest absolute Gasteiger partial charge is 0.203 e. The molecular weight excluding hydrogens is 338 g/mol. The Balaban J connectivity index is 1.89. The number of pyridine rings is 1. The normalized spacial score (nSPS) is 23.7. The number of morpholine rings is 1. The van der Waals surface area contributed by atoms with Crippen LogP contribution in [0.25, 0.3) is 11.4 Å². The first-order chi connectivity index (χ1) is 12.1. The number of quaternary nitrogens is 1. The van der Waals surface area contributed by atoms with Gasteiger partial charge in [-0.15, -0.1) is 5.10 Å². The van der Waals surface area contributed by atoms with Crippen LogP contribution < -0.4 is 4.90 Å². The van der Waals surface area contributed by atoms with E-state index in [0.717, 1.165) is 35.9 Å². The van der Waals surface area contributed by atoms with E-state index in [-0.39, 0.29) is 12.2 Å². The minimum atomic E-state index is 0.253. The minimum Gasteiger partial charge on any atom is -0.383 e. The first-order valence-electron chi connectivity index (χ1n) is 8.64. The molecule has 1 fully saturated rings. The van der Waals surface area contributed by atoms with E-state index in [1.807, 2.05) is 21.4 Å². The molecule has 8 heteroatoms. The number of hydrogen-bond acceptors (Lipinski definition) is 5. The molecule has 3 atom stereocenters. The molecule has 1 aliphatic heterocycles. The van der Waals surface area contributed by atoms with Crippen LogP contribution >= 0.6 is 12.2 Å². The van der Waals surface area contributed by atoms with Crippen LogP contribution in [0.1, 0.15) is 13.8 Å². The van der Waals surface area contributed by atoms with Crippen molar-refractivity contribution in [2.45, 2.75) is 39.3 Å². The van der Waals surface area contributed by atoms with Gasteiger partial charge >= 0.3 is 0 Å². The van der Waals surface area contributed by atoms with Crippen molar-refractivity contribution in [3.63, 3.8) is 0 Å². The van der Waals surface area contributed by atoms with Gasteiger partial charge in [-0.3, -0.25) is 9.55 Å². The van der Waals surface area contributed by atoms with E-state index in [9.17, 15) is 0 Å². The quantitative estimate of drug-likeness (QED) is 0.768. The molecule has 2 aromatic rings. The first-order valence-corrected chi connectivity index (χ1v) is 9.05. The van der Waals surface area contributed by atoms with Crippen molar-refractivity contribution >= 4 is 12.2 Å². The molecule has 0 radical (unpaired) electrons. The highest BCUT2D eigenvalue weighted by molar-refractivity contribution is 7.71. The standard InChI is InChI=1S/C17H25N5O2S/c1-13-10-20(11-14(2)24-13)12-22-17(25)21(8-9-23-3)16(19-22)15-4-6-18-7-5-15/h4-7,13-14H,8-12H2,1-3H3/p+1/t13-,14+. The maximum absolute atomic E-state index is 5.83. The zero-order valence-corrected chi connectivity index (χ0v) is 15.8. The highest BCUT2D eigenvalue weighted by atomic mass is 32.1. The van der Waals surface area contributed by atoms with Crippen LogP contribution in [0.5, 0.6) is 0 Å². The van der Waals surface area contributed by atoms with Gasteiger partial charge in [0.1, 0.15) is 25.3 Å². The predicted octanol–water partition coefficient (Wildman–Crippen LogP) is 0.772. The molecule has 2 aromatic heterocycles. The highest BCUT2D eigenvalue weighted by Crippen LogP contribution is 2.17. The van der Waals surface area contributed by atoms with E-state index < -0.39 is 0 Å². The lowest BCUT2D eigenvalue weighted by Gasteiger charge is -2.32. The maximum atomic E-state index is 5.83. The van der Waals surface area contributed by atoms with Gasteiger partial charge in [0.05, 0.1) is 13.2 Å². The number of nitrogens with zero attached hydrogens (tertiary/aromatic N) is 4. The molecule has 1 N–H and O–H groups in total. The highest BCUT2D eigenvalue weighted by Gasteiger charge is 2.26. The minimum absolute atomic E-state index is 0.253. The Kier molecular flexibility index (Phi) is 5.95. The molecule has 1 aliphatic rings. The van der Waals surface area contributed by atoms with E-state index in [4.69, 9.17) is 26.8 Å². The van der Waals surface area contributed by atoms with E-state index in [2.05, 4.69) is 18.8 Å². The van der Waals surface area contributed by atoms with E-state index in [0.29, 0.717) is 13.2 Å². The molecule has 0 spiro atoms. The van der Waals surface area contributed by atoms with Gasteiger partial charge in [0.2, 0.25) is 4.77 Å². The number of methoxy groups -OCH3 is 1. The van der Waals surface area contributed by atoms with Crippen LogP contribution in [-0.4, -0.2) is 58.3 Å². The summed E-state index contributed by atoms with van der Waals surface area (Å²) in [5.41, 5.74) is 1.01. The lowest BCUT2D eigenvalue weighted by Crippen LogP contribution is -3.14. The second-order valence-electron chi connectivity index (χ2n) is 6.56. The molecule has 25 heavy (non-hydrogen) atoms. The van der Waals surface area contributed by atoms with Crippen molar-refractivity contribution < 1.29 is 14.4 Å². The van der Waals surface area contributed by atoms with Crippen LogP contribution in [0.15, 0.2) is 24.5 Å². The monoisotopic (exact) mass is 364 g/mol. The summed E-state index contributed by atoms with van der Waals surface area (Å²) in [5, 5.41) is 4.81. The van der Waals surface area contributed by atoms with Gasteiger partial charge in [-0.2, -0.15) is 4.68 Å². The third kappa shape index (κ3) is 4.33. The van der Waals surface area contributed by atoms with E-state index in [1.54, 1.807) is 19.5 Å². The first kappa shape index (κ1) is 18.2. The van der Waals surface area contributed by atoms with E-state index >= 15 is 0 Å². The fraction of sp³-hybridized carbons (Fsp3) is 0.588. The summed E-state index contributed by atoms with van der Waals surface area (Å²) in [6.45, 7) is 8.18. The summed E-state index contributed by atoms with van der Waals surface area (Å²) in [5.74, 6) is 0.859. The van der Waals surface area contributed by atoms with Crippen molar-refractivity contribution in [3.05, 3.63) is 29.3 Å². The zero-order chi connectivity index (χ0) is 17.8. The van der Waals surface area contributed by atoms with Crippen LogP contribution in [0.4, 0.5) is 0 Å². The fourth-order valence-corrected chi connectivity index (χ4v) is 3.66. The van der Waals surface area contributed by atoms with Crippen LogP contribution in [0.3, 0.4) is 0 Å². The van der Waals surface area contributed by atoms with Gasteiger partial charge in [-0.1, -0.05) is 0 Å². The van der Waals surface area contributed by atoms with Crippen molar-refractivity contribution in [1.82, 2.24) is 19.3 Å². The summed E-state index contributed by atoms with van der Waals surface area (Å²) in [6.07, 6.45) is 4.05. The Morgan fingerprint density at radius 2 is 1.96 bits per heavy atom. The van der Waals surface area contributed by atoms with Crippen LogP contribution in [-0.2, 0) is 22.7 Å². The largest absolute Gasteiger partial charge is 0.383 e. The van der Waals surface area contributed by atoms with Crippen molar-refractivity contribution in [2.24, 2.45) is 0 Å². The average molecular weight is 364 g/mol. The van der Waals surface area contributed by atoms with Gasteiger partial charge in [0.25, 0.3) is 0 Å². The molecular formula is C17H26N5O2S+. The summed E-state index contributed by atoms with van der Waals surface area (Å²) in [4.78, 5) is 5.52. The molecule has 1 unspecified atom stereocenters. The van der Waals surface area contributed by atoms with Crippen molar-refractivity contribution in [3.8, 4) is 11.4 Å². The van der Waals surface area contributed by atoms with Gasteiger partial charge in [-0.25, -0.2) is 0 Å². The van der Waals surface area contributed by atoms with Gasteiger partial charge in [0, 0.05) is 25.1 Å². The molecule has 3 heterocycles. The summed E-state index contributed by atoms with van der Waals surface area (Å²) in [7, 11) is 1.70. The number of nitrogens with one attached hydrogen (secondary N) is 1. The van der Waals surface area contributed by atoms with Crippen LogP contribution in [0.2, 0.25) is 0 Å². The molecule has 0 amide bonds. The van der Waals surface area contributed by atoms with E-state index in [1.165, 1.54) is 4.90 Å². The fourth-order valence-electron chi connectivity index (χ4n) is 3.37. The van der Waals surface area contributed by atoms with Crippen LogP contribution in [0, 0.1) is 4.77 Å². The Morgan fingerprint density at radius 1 is 1.28 bits per heavy atom. The number of ether oxygens (including phenoxy) is 2. The number of hydrogen-bond donors (Lipinski definition) is 1. The zero-order valence-electron chi connectivity index (χ0n) is 15.0. The Morgan fingerprint density at radius 3 is 2.60 bits per heavy atom. The Labute approximate surface area is 153 Å². The lowest BCUT2D eigenvalue weighted by atomic mass is 10.2. The topological polar surface area (TPSA) is 58.5 Å². The second-order valence-corrected chi connectivity index (χ2v) is 6.92. The average Bonchev–Trinajstić information content (AvgIpc) is 2.89. The van der Waals surface area contributed by atoms with Crippen molar-refractivity contribution in [2.75, 3.05) is 26.8 Å². The molecule has 7 nitrogen and oxygen atoms in total. The number of aromatic nitrogens is 4. The predicted molar refractivity (Wildman–Crippen MR) is 96.9 cm³/mol. The summed E-state index contributed by atoms with van der Waals surface area (Å²) < 4.78 is 15.8. The molecule has 0 aliphatic carbocycles. The maximum Gasteiger partial charge on any atom is 0.203 e. The van der Waals surface area contributed by atoms with Gasteiger partial charge < -0.3 is 14.4 Å². The Bertz CT molecular complexity index is 735. The summed E-state index contributed by atoms with van der Waals surface area (Å²) >= 11 is 5.70. The SMILES string of the molecule is COCCn1c(-c2ccncc2)nn(C[NH+]2C[C@@H](C)O[C@@H](C)C2)c1=S. The second kappa shape index (κ2) is 8.18. The summed E-state index contributed by atoms with van der Waals surface area (Å²) in [6, 6.07) is 3.91. The van der Waals surface area contributed by atoms with Crippen molar-refractivity contribution in [1.29, 1.82) is 0 Å². The van der Waals surface area contributed by atoms with Gasteiger partial charge in [0.15, 0.2) is 12.5 Å². The molecule has 1 saturated heterocycles. The molecule has 136 valence electrons.